The maximum Gasteiger partial charge on any atom is 0.254 e. The molecule has 0 spiro atoms. The van der Waals surface area contributed by atoms with Crippen molar-refractivity contribution in [3.05, 3.63) is 63.3 Å². The molecule has 0 saturated carbocycles. The van der Waals surface area contributed by atoms with E-state index in [1.807, 2.05) is 19.1 Å². The summed E-state index contributed by atoms with van der Waals surface area (Å²) in [6, 6.07) is 9.08. The van der Waals surface area contributed by atoms with Crippen LogP contribution in [0.25, 0.3) is 0 Å². The molecule has 5 N–H and O–H groups in total. The van der Waals surface area contributed by atoms with Crippen molar-refractivity contribution in [2.24, 2.45) is 0 Å². The monoisotopic (exact) mass is 414 g/mol. The third kappa shape index (κ3) is 3.30. The van der Waals surface area contributed by atoms with E-state index < -0.39 is 0 Å². The van der Waals surface area contributed by atoms with Gasteiger partial charge in [0.05, 0.1) is 28.2 Å². The van der Waals surface area contributed by atoms with Gasteiger partial charge in [0, 0.05) is 12.2 Å². The molecule has 1 amide bonds. The molecule has 1 aliphatic heterocycles. The number of nitrogens with zero attached hydrogens (tertiary/aromatic N) is 2. The summed E-state index contributed by atoms with van der Waals surface area (Å²) < 4.78 is 0. The fourth-order valence-electron chi connectivity index (χ4n) is 2.94. The number of aromatic nitrogens is 2. The number of hydrogen-bond acceptors (Lipinski definition) is 6. The van der Waals surface area contributed by atoms with Crippen LogP contribution in [-0.2, 0) is 6.54 Å². The molecule has 142 valence electrons. The molecule has 28 heavy (non-hydrogen) atoms. The van der Waals surface area contributed by atoms with E-state index in [1.54, 1.807) is 18.2 Å². The van der Waals surface area contributed by atoms with Crippen LogP contribution in [-0.4, -0.2) is 15.9 Å². The highest BCUT2D eigenvalue weighted by atomic mass is 35.5. The van der Waals surface area contributed by atoms with Gasteiger partial charge in [0.25, 0.3) is 5.91 Å². The fraction of sp³-hybridized carbons (Fsp3) is 0.105. The van der Waals surface area contributed by atoms with E-state index in [0.717, 1.165) is 11.1 Å². The summed E-state index contributed by atoms with van der Waals surface area (Å²) >= 11 is 12.6. The summed E-state index contributed by atoms with van der Waals surface area (Å²) in [6.07, 6.45) is 1.47. The van der Waals surface area contributed by atoms with Crippen LogP contribution < -0.4 is 21.7 Å². The van der Waals surface area contributed by atoms with Crippen LogP contribution in [0.15, 0.2) is 36.5 Å². The number of rotatable bonds is 4. The first kappa shape index (κ1) is 18.3. The molecule has 2 heterocycles. The molecule has 2 aromatic carbocycles. The lowest BCUT2D eigenvalue weighted by molar-refractivity contribution is 0.0966. The fourth-order valence-corrected chi connectivity index (χ4v) is 3.30. The average Bonchev–Trinajstić information content (AvgIpc) is 3.07. The molecule has 0 unspecified atom stereocenters. The van der Waals surface area contributed by atoms with Crippen LogP contribution in [0, 0.1) is 6.92 Å². The Kier molecular flexibility index (Phi) is 4.70. The number of amides is 1. The second-order valence-electron chi connectivity index (χ2n) is 6.30. The lowest BCUT2D eigenvalue weighted by atomic mass is 10.1. The molecule has 0 radical (unpaired) electrons. The Morgan fingerprint density at radius 2 is 1.96 bits per heavy atom. The molecule has 0 aliphatic carbocycles. The largest absolute Gasteiger partial charge is 0.398 e. The Morgan fingerprint density at radius 3 is 2.79 bits per heavy atom. The van der Waals surface area contributed by atoms with E-state index in [-0.39, 0.29) is 5.91 Å². The predicted octanol–water partition coefficient (Wildman–Crippen LogP) is 4.40. The summed E-state index contributed by atoms with van der Waals surface area (Å²) in [5.41, 5.74) is 9.99. The maximum absolute atomic E-state index is 12.1. The Hall–Kier alpha value is -3.03. The molecule has 7 nitrogen and oxygen atoms in total. The maximum atomic E-state index is 12.1. The Balaban J connectivity index is 1.65. The minimum atomic E-state index is -0.134. The minimum absolute atomic E-state index is 0.134. The van der Waals surface area contributed by atoms with Gasteiger partial charge < -0.3 is 21.7 Å². The van der Waals surface area contributed by atoms with Crippen molar-refractivity contribution in [1.29, 1.82) is 0 Å². The normalized spacial score (nSPS) is 12.5. The summed E-state index contributed by atoms with van der Waals surface area (Å²) in [6.45, 7) is 2.34. The van der Waals surface area contributed by atoms with E-state index in [9.17, 15) is 4.79 Å². The third-order valence-corrected chi connectivity index (χ3v) is 5.25. The van der Waals surface area contributed by atoms with Crippen molar-refractivity contribution in [1.82, 2.24) is 15.3 Å². The number of nitrogens with one attached hydrogen (secondary N) is 3. The van der Waals surface area contributed by atoms with Crippen molar-refractivity contribution in [3.8, 4) is 0 Å². The van der Waals surface area contributed by atoms with Crippen molar-refractivity contribution in [2.75, 3.05) is 16.4 Å². The second kappa shape index (κ2) is 7.18. The van der Waals surface area contributed by atoms with Crippen LogP contribution in [0.1, 0.15) is 21.5 Å². The molecular formula is C19H16Cl2N6O. The van der Waals surface area contributed by atoms with E-state index in [1.165, 1.54) is 6.20 Å². The topological polar surface area (TPSA) is 105 Å². The molecule has 0 atom stereocenters. The molecule has 0 fully saturated rings. The third-order valence-electron chi connectivity index (χ3n) is 4.49. The summed E-state index contributed by atoms with van der Waals surface area (Å²) in [4.78, 5) is 20.7. The zero-order valence-corrected chi connectivity index (χ0v) is 16.3. The molecular weight excluding hydrogens is 399 g/mol. The van der Waals surface area contributed by atoms with E-state index in [0.29, 0.717) is 51.0 Å². The van der Waals surface area contributed by atoms with Crippen LogP contribution in [0.2, 0.25) is 10.0 Å². The first-order valence-electron chi connectivity index (χ1n) is 8.45. The first-order chi connectivity index (χ1) is 13.4. The smallest absolute Gasteiger partial charge is 0.254 e. The molecule has 4 rings (SSSR count). The number of nitrogen functional groups attached to an aromatic ring is 1. The Labute approximate surface area is 171 Å². The minimum Gasteiger partial charge on any atom is -0.398 e. The van der Waals surface area contributed by atoms with Gasteiger partial charge in [-0.15, -0.1) is 0 Å². The summed E-state index contributed by atoms with van der Waals surface area (Å²) in [5.74, 6) is 0.538. The van der Waals surface area contributed by atoms with Crippen LogP contribution in [0.3, 0.4) is 0 Å². The highest BCUT2D eigenvalue weighted by Gasteiger charge is 2.23. The van der Waals surface area contributed by atoms with Crippen molar-refractivity contribution >= 4 is 57.9 Å². The number of nitrogens with two attached hydrogens (primary N) is 1. The van der Waals surface area contributed by atoms with E-state index >= 15 is 0 Å². The SMILES string of the molecule is Cc1c(N)ccc(Nc2ncc(Cl)c(Nc3cccc4c3C(=O)NC4)n2)c1Cl. The number of halogens is 2. The number of carbonyl (C=O) groups is 1. The van der Waals surface area contributed by atoms with Gasteiger partial charge in [-0.2, -0.15) is 4.98 Å². The molecule has 0 bridgehead atoms. The van der Waals surface area contributed by atoms with Crippen molar-refractivity contribution < 1.29 is 4.79 Å². The van der Waals surface area contributed by atoms with Gasteiger partial charge in [-0.05, 0) is 36.2 Å². The summed E-state index contributed by atoms with van der Waals surface area (Å²) in [5, 5.41) is 9.81. The molecule has 1 aliphatic rings. The Bertz CT molecular complexity index is 1100. The van der Waals surface area contributed by atoms with Gasteiger partial charge in [-0.1, -0.05) is 35.3 Å². The zero-order valence-electron chi connectivity index (χ0n) is 14.8. The summed E-state index contributed by atoms with van der Waals surface area (Å²) in [7, 11) is 0. The van der Waals surface area contributed by atoms with Gasteiger partial charge in [0.1, 0.15) is 5.02 Å². The Morgan fingerprint density at radius 1 is 1.14 bits per heavy atom. The van der Waals surface area contributed by atoms with Crippen molar-refractivity contribution in [3.63, 3.8) is 0 Å². The quantitative estimate of drug-likeness (QED) is 0.471. The van der Waals surface area contributed by atoms with E-state index in [2.05, 4.69) is 25.9 Å². The van der Waals surface area contributed by atoms with Gasteiger partial charge in [0.2, 0.25) is 5.95 Å². The molecule has 0 saturated heterocycles. The highest BCUT2D eigenvalue weighted by Crippen LogP contribution is 2.33. The van der Waals surface area contributed by atoms with Gasteiger partial charge in [-0.25, -0.2) is 4.98 Å². The average molecular weight is 415 g/mol. The number of benzene rings is 2. The second-order valence-corrected chi connectivity index (χ2v) is 7.09. The number of anilines is 5. The van der Waals surface area contributed by atoms with Gasteiger partial charge in [-0.3, -0.25) is 4.79 Å². The van der Waals surface area contributed by atoms with Crippen LogP contribution >= 0.6 is 23.2 Å². The van der Waals surface area contributed by atoms with Gasteiger partial charge in [0.15, 0.2) is 5.82 Å². The molecule has 3 aromatic rings. The van der Waals surface area contributed by atoms with Gasteiger partial charge >= 0.3 is 0 Å². The first-order valence-corrected chi connectivity index (χ1v) is 9.21. The van der Waals surface area contributed by atoms with E-state index in [4.69, 9.17) is 28.9 Å². The standard InChI is InChI=1S/C19H16Cl2N6O/c1-9-12(22)5-6-14(16(9)21)26-19-24-8-11(20)17(27-19)25-13-4-2-3-10-7-23-18(28)15(10)13/h2-6,8H,7,22H2,1H3,(H,23,28)(H2,24,25,26,27). The highest BCUT2D eigenvalue weighted by molar-refractivity contribution is 6.34. The number of fused-ring (bicyclic) bond motifs is 1. The lowest BCUT2D eigenvalue weighted by Gasteiger charge is -2.13. The predicted molar refractivity (Wildman–Crippen MR) is 112 cm³/mol. The van der Waals surface area contributed by atoms with Crippen LogP contribution in [0.5, 0.6) is 0 Å². The van der Waals surface area contributed by atoms with Crippen molar-refractivity contribution in [2.45, 2.75) is 13.5 Å². The molecule has 9 heteroatoms. The van der Waals surface area contributed by atoms with Crippen LogP contribution in [0.4, 0.5) is 28.8 Å². The molecule has 1 aromatic heterocycles. The lowest BCUT2D eigenvalue weighted by Crippen LogP contribution is -2.13. The number of carbonyl (C=O) groups excluding carboxylic acids is 1. The zero-order chi connectivity index (χ0) is 19.8. The number of hydrogen-bond donors (Lipinski definition) is 4.